The van der Waals surface area contributed by atoms with Gasteiger partial charge in [-0.1, -0.05) is 26.0 Å². The van der Waals surface area contributed by atoms with Gasteiger partial charge in [0, 0.05) is 6.04 Å². The highest BCUT2D eigenvalue weighted by molar-refractivity contribution is 5.35. The first kappa shape index (κ1) is 11.9. The summed E-state index contributed by atoms with van der Waals surface area (Å²) in [6.45, 7) is 4.89. The van der Waals surface area contributed by atoms with E-state index in [1.165, 1.54) is 0 Å². The van der Waals surface area contributed by atoms with Crippen LogP contribution < -0.4 is 10.1 Å². The number of aromatic nitrogens is 2. The van der Waals surface area contributed by atoms with E-state index in [4.69, 9.17) is 4.74 Å². The van der Waals surface area contributed by atoms with Gasteiger partial charge in [-0.25, -0.2) is 0 Å². The number of ether oxygens (including phenoxy) is 1. The Morgan fingerprint density at radius 3 is 2.82 bits per heavy atom. The summed E-state index contributed by atoms with van der Waals surface area (Å²) in [6.07, 6.45) is 9.87. The SMILES string of the molecule is CC(C)COc1cncc(NC2CC=CC2)n1. The van der Waals surface area contributed by atoms with E-state index < -0.39 is 0 Å². The molecule has 0 atom stereocenters. The van der Waals surface area contributed by atoms with Crippen LogP contribution in [0.2, 0.25) is 0 Å². The summed E-state index contributed by atoms with van der Waals surface area (Å²) < 4.78 is 5.54. The molecule has 92 valence electrons. The quantitative estimate of drug-likeness (QED) is 0.794. The van der Waals surface area contributed by atoms with Gasteiger partial charge in [0.2, 0.25) is 5.88 Å². The molecule has 1 N–H and O–H groups in total. The van der Waals surface area contributed by atoms with Crippen molar-refractivity contribution in [1.82, 2.24) is 9.97 Å². The van der Waals surface area contributed by atoms with Crippen LogP contribution in [-0.4, -0.2) is 22.6 Å². The molecule has 2 rings (SSSR count). The van der Waals surface area contributed by atoms with Gasteiger partial charge in [-0.3, -0.25) is 4.98 Å². The van der Waals surface area contributed by atoms with Crippen LogP contribution in [0, 0.1) is 5.92 Å². The fourth-order valence-electron chi connectivity index (χ4n) is 1.68. The van der Waals surface area contributed by atoms with E-state index in [9.17, 15) is 0 Å². The highest BCUT2D eigenvalue weighted by Gasteiger charge is 2.10. The van der Waals surface area contributed by atoms with Crippen molar-refractivity contribution in [2.45, 2.75) is 32.7 Å². The monoisotopic (exact) mass is 233 g/mol. The maximum absolute atomic E-state index is 5.54. The molecule has 0 aromatic carbocycles. The van der Waals surface area contributed by atoms with Crippen molar-refractivity contribution in [2.24, 2.45) is 5.92 Å². The topological polar surface area (TPSA) is 47.0 Å². The van der Waals surface area contributed by atoms with Gasteiger partial charge in [-0.05, 0) is 18.8 Å². The largest absolute Gasteiger partial charge is 0.476 e. The third kappa shape index (κ3) is 3.73. The lowest BCUT2D eigenvalue weighted by atomic mass is 10.2. The third-order valence-corrected chi connectivity index (χ3v) is 2.54. The molecule has 0 saturated heterocycles. The summed E-state index contributed by atoms with van der Waals surface area (Å²) in [5.41, 5.74) is 0. The Labute approximate surface area is 102 Å². The molecule has 0 unspecified atom stereocenters. The van der Waals surface area contributed by atoms with Gasteiger partial charge in [-0.2, -0.15) is 4.98 Å². The molecule has 1 aliphatic rings. The number of hydrogen-bond acceptors (Lipinski definition) is 4. The number of anilines is 1. The normalized spacial score (nSPS) is 15.5. The Morgan fingerprint density at radius 2 is 2.12 bits per heavy atom. The molecular formula is C13H19N3O. The molecule has 1 aromatic rings. The minimum Gasteiger partial charge on any atom is -0.476 e. The molecular weight excluding hydrogens is 214 g/mol. The maximum Gasteiger partial charge on any atom is 0.234 e. The smallest absolute Gasteiger partial charge is 0.234 e. The van der Waals surface area contributed by atoms with Crippen LogP contribution in [0.5, 0.6) is 5.88 Å². The van der Waals surface area contributed by atoms with Crippen molar-refractivity contribution in [3.05, 3.63) is 24.5 Å². The van der Waals surface area contributed by atoms with Gasteiger partial charge >= 0.3 is 0 Å². The van der Waals surface area contributed by atoms with Crippen LogP contribution in [0.25, 0.3) is 0 Å². The minimum absolute atomic E-state index is 0.449. The highest BCUT2D eigenvalue weighted by atomic mass is 16.5. The Kier molecular flexibility index (Phi) is 3.96. The summed E-state index contributed by atoms with van der Waals surface area (Å²) in [5, 5.41) is 3.35. The van der Waals surface area contributed by atoms with Gasteiger partial charge in [-0.15, -0.1) is 0 Å². The van der Waals surface area contributed by atoms with Gasteiger partial charge in [0.15, 0.2) is 0 Å². The van der Waals surface area contributed by atoms with Crippen molar-refractivity contribution in [1.29, 1.82) is 0 Å². The third-order valence-electron chi connectivity index (χ3n) is 2.54. The lowest BCUT2D eigenvalue weighted by molar-refractivity contribution is 0.260. The van der Waals surface area contributed by atoms with Crippen molar-refractivity contribution in [3.63, 3.8) is 0 Å². The number of nitrogens with zero attached hydrogens (tertiary/aromatic N) is 2. The molecule has 1 aromatic heterocycles. The fraction of sp³-hybridized carbons (Fsp3) is 0.538. The molecule has 17 heavy (non-hydrogen) atoms. The van der Waals surface area contributed by atoms with Crippen LogP contribution in [0.3, 0.4) is 0 Å². The van der Waals surface area contributed by atoms with Crippen molar-refractivity contribution in [3.8, 4) is 5.88 Å². The standard InChI is InChI=1S/C13H19N3O/c1-10(2)9-17-13-8-14-7-12(16-13)15-11-5-3-4-6-11/h3-4,7-8,10-11H,5-6,9H2,1-2H3,(H,15,16). The highest BCUT2D eigenvalue weighted by Crippen LogP contribution is 2.16. The van der Waals surface area contributed by atoms with Gasteiger partial charge < -0.3 is 10.1 Å². The van der Waals surface area contributed by atoms with E-state index in [0.29, 0.717) is 24.4 Å². The zero-order chi connectivity index (χ0) is 12.1. The fourth-order valence-corrected chi connectivity index (χ4v) is 1.68. The second-order valence-electron chi connectivity index (χ2n) is 4.73. The molecule has 0 aliphatic heterocycles. The van der Waals surface area contributed by atoms with Crippen LogP contribution in [0.4, 0.5) is 5.82 Å². The van der Waals surface area contributed by atoms with E-state index in [1.54, 1.807) is 12.4 Å². The molecule has 4 heteroatoms. The first-order chi connectivity index (χ1) is 8.24. The zero-order valence-electron chi connectivity index (χ0n) is 10.4. The number of nitrogens with one attached hydrogen (secondary N) is 1. The summed E-state index contributed by atoms with van der Waals surface area (Å²) >= 11 is 0. The minimum atomic E-state index is 0.449. The Morgan fingerprint density at radius 1 is 1.35 bits per heavy atom. The molecule has 0 fully saturated rings. The Balaban J connectivity index is 1.91. The van der Waals surface area contributed by atoms with Gasteiger partial charge in [0.1, 0.15) is 5.82 Å². The van der Waals surface area contributed by atoms with E-state index in [-0.39, 0.29) is 0 Å². The molecule has 4 nitrogen and oxygen atoms in total. The zero-order valence-corrected chi connectivity index (χ0v) is 10.4. The molecule has 1 aliphatic carbocycles. The Hall–Kier alpha value is -1.58. The van der Waals surface area contributed by atoms with Crippen LogP contribution in [0.1, 0.15) is 26.7 Å². The maximum atomic E-state index is 5.54. The van der Waals surface area contributed by atoms with Gasteiger partial charge in [0.25, 0.3) is 0 Å². The Bertz CT molecular complexity index is 382. The van der Waals surface area contributed by atoms with Crippen molar-refractivity contribution in [2.75, 3.05) is 11.9 Å². The molecule has 0 spiro atoms. The molecule has 0 bridgehead atoms. The average Bonchev–Trinajstić information content (AvgIpc) is 2.80. The van der Waals surface area contributed by atoms with Crippen LogP contribution >= 0.6 is 0 Å². The lowest BCUT2D eigenvalue weighted by Gasteiger charge is -2.13. The van der Waals surface area contributed by atoms with Crippen molar-refractivity contribution < 1.29 is 4.74 Å². The lowest BCUT2D eigenvalue weighted by Crippen LogP contribution is -2.16. The second-order valence-corrected chi connectivity index (χ2v) is 4.73. The van der Waals surface area contributed by atoms with E-state index in [0.717, 1.165) is 18.7 Å². The van der Waals surface area contributed by atoms with Crippen LogP contribution in [0.15, 0.2) is 24.5 Å². The first-order valence-corrected chi connectivity index (χ1v) is 6.10. The molecule has 0 amide bonds. The predicted octanol–water partition coefficient (Wildman–Crippen LogP) is 2.64. The molecule has 0 radical (unpaired) electrons. The van der Waals surface area contributed by atoms with Crippen LogP contribution in [-0.2, 0) is 0 Å². The summed E-state index contributed by atoms with van der Waals surface area (Å²) in [5.74, 6) is 1.88. The van der Waals surface area contributed by atoms with Crippen molar-refractivity contribution >= 4 is 5.82 Å². The molecule has 1 heterocycles. The van der Waals surface area contributed by atoms with E-state index in [2.05, 4.69) is 41.3 Å². The number of rotatable bonds is 5. The summed E-state index contributed by atoms with van der Waals surface area (Å²) in [6, 6.07) is 0.449. The first-order valence-electron chi connectivity index (χ1n) is 6.10. The van der Waals surface area contributed by atoms with E-state index >= 15 is 0 Å². The predicted molar refractivity (Wildman–Crippen MR) is 68.1 cm³/mol. The summed E-state index contributed by atoms with van der Waals surface area (Å²) in [4.78, 5) is 8.52. The average molecular weight is 233 g/mol. The van der Waals surface area contributed by atoms with E-state index in [1.807, 2.05) is 0 Å². The summed E-state index contributed by atoms with van der Waals surface area (Å²) in [7, 11) is 0. The molecule has 0 saturated carbocycles. The number of hydrogen-bond donors (Lipinski definition) is 1. The second kappa shape index (κ2) is 5.66. The van der Waals surface area contributed by atoms with Gasteiger partial charge in [0.05, 0.1) is 19.0 Å².